The predicted octanol–water partition coefficient (Wildman–Crippen LogP) is 1.59. The van der Waals surface area contributed by atoms with Crippen molar-refractivity contribution in [1.29, 1.82) is 0 Å². The molecule has 8 heteroatoms. The van der Waals surface area contributed by atoms with Gasteiger partial charge in [0.15, 0.2) is 10.8 Å². The van der Waals surface area contributed by atoms with Crippen LogP contribution in [-0.2, 0) is 38.1 Å². The van der Waals surface area contributed by atoms with E-state index in [0.29, 0.717) is 0 Å². The van der Waals surface area contributed by atoms with Gasteiger partial charge in [0.1, 0.15) is 0 Å². The Morgan fingerprint density at radius 2 is 0.929 bits per heavy atom. The normalized spacial score (nSPS) is 10.6. The molecule has 0 radical (unpaired) electrons. The van der Waals surface area contributed by atoms with Crippen molar-refractivity contribution in [2.24, 2.45) is 10.8 Å². The van der Waals surface area contributed by atoms with E-state index < -0.39 is 34.7 Å². The van der Waals surface area contributed by atoms with Crippen LogP contribution in [0.25, 0.3) is 0 Å². The van der Waals surface area contributed by atoms with E-state index in [0.717, 1.165) is 28.4 Å². The lowest BCUT2D eigenvalue weighted by Gasteiger charge is -2.25. The van der Waals surface area contributed by atoms with E-state index in [1.165, 1.54) is 12.2 Å². The number of carbonyl (C=O) groups is 4. The molecule has 0 aromatic rings. The Morgan fingerprint density at radius 1 is 0.679 bits per heavy atom. The number of rotatable bonds is 10. The van der Waals surface area contributed by atoms with Crippen LogP contribution < -0.4 is 0 Å². The third-order valence-corrected chi connectivity index (χ3v) is 4.20. The van der Waals surface area contributed by atoms with Gasteiger partial charge in [-0.05, 0) is 12.8 Å². The summed E-state index contributed by atoms with van der Waals surface area (Å²) in [7, 11) is 4.56. The van der Waals surface area contributed by atoms with Crippen molar-refractivity contribution in [3.8, 4) is 11.8 Å². The van der Waals surface area contributed by atoms with Gasteiger partial charge in [-0.25, -0.2) is 0 Å². The monoisotopic (exact) mass is 394 g/mol. The highest BCUT2D eigenvalue weighted by atomic mass is 16.6. The first-order valence-corrected chi connectivity index (χ1v) is 8.27. The fourth-order valence-electron chi connectivity index (χ4n) is 2.63. The second-order valence-corrected chi connectivity index (χ2v) is 5.82. The molecular formula is C20H26O8. The van der Waals surface area contributed by atoms with Gasteiger partial charge in [0.25, 0.3) is 0 Å². The van der Waals surface area contributed by atoms with E-state index in [1.807, 2.05) is 0 Å². The molecule has 0 aliphatic heterocycles. The average Bonchev–Trinajstić information content (AvgIpc) is 2.72. The smallest absolute Gasteiger partial charge is 0.324 e. The van der Waals surface area contributed by atoms with Gasteiger partial charge < -0.3 is 18.9 Å². The Morgan fingerprint density at radius 3 is 1.11 bits per heavy atom. The summed E-state index contributed by atoms with van der Waals surface area (Å²) in [6.45, 7) is 7.08. The molecule has 0 aromatic carbocycles. The fourth-order valence-corrected chi connectivity index (χ4v) is 2.63. The van der Waals surface area contributed by atoms with Gasteiger partial charge in [-0.2, -0.15) is 0 Å². The summed E-state index contributed by atoms with van der Waals surface area (Å²) in [5.74, 6) is 2.02. The molecule has 0 aliphatic rings. The molecule has 0 atom stereocenters. The summed E-state index contributed by atoms with van der Waals surface area (Å²) >= 11 is 0. The van der Waals surface area contributed by atoms with Gasteiger partial charge in [-0.15, -0.1) is 25.0 Å². The van der Waals surface area contributed by atoms with Crippen LogP contribution in [0.2, 0.25) is 0 Å². The maximum absolute atomic E-state index is 12.2. The number of esters is 4. The van der Waals surface area contributed by atoms with Crippen LogP contribution in [0.5, 0.6) is 0 Å². The highest BCUT2D eigenvalue weighted by Gasteiger charge is 2.48. The van der Waals surface area contributed by atoms with E-state index >= 15 is 0 Å². The minimum atomic E-state index is -1.70. The maximum atomic E-state index is 12.2. The van der Waals surface area contributed by atoms with Crippen molar-refractivity contribution in [3.63, 3.8) is 0 Å². The molecule has 0 fully saturated rings. The number of allylic oxidation sites excluding steroid dienone is 2. The third kappa shape index (κ3) is 5.22. The van der Waals surface area contributed by atoms with E-state index in [9.17, 15) is 19.2 Å². The minimum Gasteiger partial charge on any atom is -0.468 e. The zero-order valence-corrected chi connectivity index (χ0v) is 16.7. The molecule has 0 aliphatic carbocycles. The van der Waals surface area contributed by atoms with Crippen molar-refractivity contribution in [2.45, 2.75) is 25.7 Å². The first-order valence-electron chi connectivity index (χ1n) is 8.27. The zero-order valence-electron chi connectivity index (χ0n) is 16.7. The van der Waals surface area contributed by atoms with E-state index in [1.54, 1.807) is 0 Å². The molecule has 154 valence electrons. The van der Waals surface area contributed by atoms with Crippen molar-refractivity contribution < 1.29 is 38.1 Å². The van der Waals surface area contributed by atoms with Gasteiger partial charge in [-0.3, -0.25) is 19.2 Å². The van der Waals surface area contributed by atoms with Crippen LogP contribution in [0, 0.1) is 22.7 Å². The summed E-state index contributed by atoms with van der Waals surface area (Å²) in [4.78, 5) is 48.9. The SMILES string of the molecule is C=CCC(CC#CCC(CC=C)(C(=O)OC)C(=O)OC)(C(=O)OC)C(=O)OC. The highest BCUT2D eigenvalue weighted by Crippen LogP contribution is 2.32. The highest BCUT2D eigenvalue weighted by molar-refractivity contribution is 6.01. The predicted molar refractivity (Wildman–Crippen MR) is 99.6 cm³/mol. The molecule has 28 heavy (non-hydrogen) atoms. The Kier molecular flexibility index (Phi) is 10.3. The van der Waals surface area contributed by atoms with Gasteiger partial charge in [0, 0.05) is 12.8 Å². The van der Waals surface area contributed by atoms with Crippen LogP contribution in [0.15, 0.2) is 25.3 Å². The summed E-state index contributed by atoms with van der Waals surface area (Å²) in [5, 5.41) is 0. The van der Waals surface area contributed by atoms with Crippen LogP contribution in [-0.4, -0.2) is 52.3 Å². The summed E-state index contributed by atoms with van der Waals surface area (Å²) in [6.07, 6.45) is 2.11. The second-order valence-electron chi connectivity index (χ2n) is 5.82. The Hall–Kier alpha value is -3.08. The zero-order chi connectivity index (χ0) is 21.8. The number of methoxy groups -OCH3 is 4. The van der Waals surface area contributed by atoms with E-state index in [4.69, 9.17) is 18.9 Å². The lowest BCUT2D eigenvalue weighted by molar-refractivity contribution is -0.170. The van der Waals surface area contributed by atoms with Crippen LogP contribution >= 0.6 is 0 Å². The molecule has 0 amide bonds. The minimum absolute atomic E-state index is 0.0627. The van der Waals surface area contributed by atoms with E-state index in [-0.39, 0.29) is 25.7 Å². The number of carbonyl (C=O) groups excluding carboxylic acids is 4. The molecular weight excluding hydrogens is 368 g/mol. The first kappa shape index (κ1) is 24.9. The average molecular weight is 394 g/mol. The Bertz CT molecular complexity index is 592. The van der Waals surface area contributed by atoms with Gasteiger partial charge in [0.2, 0.25) is 0 Å². The molecule has 0 bridgehead atoms. The largest absolute Gasteiger partial charge is 0.468 e. The second kappa shape index (κ2) is 11.6. The number of hydrogen-bond acceptors (Lipinski definition) is 8. The van der Waals surface area contributed by atoms with Gasteiger partial charge in [0.05, 0.1) is 28.4 Å². The van der Waals surface area contributed by atoms with Crippen molar-refractivity contribution in [1.82, 2.24) is 0 Å². The Labute approximate surface area is 164 Å². The topological polar surface area (TPSA) is 105 Å². The third-order valence-electron chi connectivity index (χ3n) is 4.20. The number of ether oxygens (including phenoxy) is 4. The fraction of sp³-hybridized carbons (Fsp3) is 0.500. The molecule has 8 nitrogen and oxygen atoms in total. The standard InChI is InChI=1S/C20H26O8/c1-7-11-19(15(21)25-3,16(22)26-4)13-9-10-14-20(12-8-2,17(23)27-5)18(24)28-6/h7-8H,1-2,11-14H2,3-6H3. The molecule has 0 rings (SSSR count). The number of hydrogen-bond donors (Lipinski definition) is 0. The molecule has 0 spiro atoms. The molecule has 0 saturated heterocycles. The Balaban J connectivity index is 5.92. The molecule has 0 aromatic heterocycles. The van der Waals surface area contributed by atoms with E-state index in [2.05, 4.69) is 25.0 Å². The lowest BCUT2D eigenvalue weighted by Crippen LogP contribution is -2.41. The summed E-state index contributed by atoms with van der Waals surface area (Å²) in [6, 6.07) is 0. The summed E-state index contributed by atoms with van der Waals surface area (Å²) in [5.41, 5.74) is -3.40. The van der Waals surface area contributed by atoms with Crippen LogP contribution in [0.1, 0.15) is 25.7 Å². The van der Waals surface area contributed by atoms with Crippen molar-refractivity contribution in [3.05, 3.63) is 25.3 Å². The molecule has 0 heterocycles. The molecule has 0 N–H and O–H groups in total. The van der Waals surface area contributed by atoms with Crippen LogP contribution in [0.3, 0.4) is 0 Å². The van der Waals surface area contributed by atoms with Gasteiger partial charge >= 0.3 is 23.9 Å². The molecule has 0 saturated carbocycles. The quantitative estimate of drug-likeness (QED) is 0.181. The van der Waals surface area contributed by atoms with Gasteiger partial charge in [-0.1, -0.05) is 12.2 Å². The maximum Gasteiger partial charge on any atom is 0.324 e. The van der Waals surface area contributed by atoms with Crippen LogP contribution in [0.4, 0.5) is 0 Å². The lowest BCUT2D eigenvalue weighted by atomic mass is 9.79. The van der Waals surface area contributed by atoms with Crippen molar-refractivity contribution >= 4 is 23.9 Å². The first-order chi connectivity index (χ1) is 13.3. The van der Waals surface area contributed by atoms with Crippen molar-refractivity contribution in [2.75, 3.05) is 28.4 Å². The summed E-state index contributed by atoms with van der Waals surface area (Å²) < 4.78 is 18.9. The molecule has 0 unspecified atom stereocenters.